The molecule has 4 atom stereocenters. The van der Waals surface area contributed by atoms with Crippen LogP contribution >= 0.6 is 23.2 Å². The normalized spacial score (nSPS) is 26.0. The van der Waals surface area contributed by atoms with E-state index in [2.05, 4.69) is 29.0 Å². The van der Waals surface area contributed by atoms with Crippen LogP contribution in [0.2, 0.25) is 10.0 Å². The monoisotopic (exact) mass is 439 g/mol. The number of carbonyl (C=O) groups is 2. The first kappa shape index (κ1) is 21.9. The maximum atomic E-state index is 12.4. The minimum absolute atomic E-state index is 0.150. The Morgan fingerprint density at radius 3 is 2.59 bits per heavy atom. The summed E-state index contributed by atoms with van der Waals surface area (Å²) in [5, 5.41) is 19.4. The summed E-state index contributed by atoms with van der Waals surface area (Å²) in [5.41, 5.74) is 0.712. The molecule has 2 aliphatic carbocycles. The summed E-state index contributed by atoms with van der Waals surface area (Å²) >= 11 is 12.1. The highest BCUT2D eigenvalue weighted by Crippen LogP contribution is 2.53. The standard InChI is InChI=1S/C21H27Cl2N3O3/c1-3-14-9-21(29)8-13(7-15(14)21)11-25-20(28)24-10-12(2)26-19(27)18-16(22)5-4-6-17(18)23/h4-7,12-14,29H,3,8-11H2,1-2H3,(H,26,27)(H2,24,25,28). The number of rotatable bonds is 7. The summed E-state index contributed by atoms with van der Waals surface area (Å²) in [5.74, 6) is 0.244. The highest BCUT2D eigenvalue weighted by atomic mass is 35.5. The Hall–Kier alpha value is -1.76. The maximum absolute atomic E-state index is 12.4. The van der Waals surface area contributed by atoms with Crippen LogP contribution in [0.15, 0.2) is 29.8 Å². The number of hydrogen-bond acceptors (Lipinski definition) is 3. The van der Waals surface area contributed by atoms with Crippen molar-refractivity contribution in [2.24, 2.45) is 11.8 Å². The smallest absolute Gasteiger partial charge is 0.314 e. The molecule has 0 radical (unpaired) electrons. The van der Waals surface area contributed by atoms with E-state index in [-0.39, 0.29) is 46.1 Å². The third kappa shape index (κ3) is 4.87. The Bertz CT molecular complexity index is 809. The Kier molecular flexibility index (Phi) is 6.76. The SMILES string of the molecule is CCC1CC2(O)CC(CNC(=O)NCC(C)NC(=O)c3c(Cl)cccc3Cl)C=C12. The van der Waals surface area contributed by atoms with Gasteiger partial charge in [-0.25, -0.2) is 4.79 Å². The summed E-state index contributed by atoms with van der Waals surface area (Å²) in [6, 6.07) is 4.25. The second-order valence-electron chi connectivity index (χ2n) is 7.99. The van der Waals surface area contributed by atoms with Crippen molar-refractivity contribution >= 4 is 35.1 Å². The molecule has 6 nitrogen and oxygen atoms in total. The maximum Gasteiger partial charge on any atom is 0.314 e. The number of fused-ring (bicyclic) bond motifs is 1. The van der Waals surface area contributed by atoms with Gasteiger partial charge >= 0.3 is 6.03 Å². The lowest BCUT2D eigenvalue weighted by Crippen LogP contribution is -2.46. The van der Waals surface area contributed by atoms with Crippen molar-refractivity contribution in [3.8, 4) is 0 Å². The third-order valence-electron chi connectivity index (χ3n) is 5.73. The van der Waals surface area contributed by atoms with Crippen molar-refractivity contribution in [1.29, 1.82) is 0 Å². The van der Waals surface area contributed by atoms with Gasteiger partial charge in [0.1, 0.15) is 0 Å². The molecule has 0 saturated heterocycles. The molecule has 0 spiro atoms. The van der Waals surface area contributed by atoms with Crippen LogP contribution in [0, 0.1) is 11.8 Å². The van der Waals surface area contributed by atoms with Crippen molar-refractivity contribution in [1.82, 2.24) is 16.0 Å². The number of amides is 3. The minimum atomic E-state index is -0.651. The quantitative estimate of drug-likeness (QED) is 0.489. The van der Waals surface area contributed by atoms with E-state index in [1.165, 1.54) is 0 Å². The van der Waals surface area contributed by atoms with E-state index >= 15 is 0 Å². The Morgan fingerprint density at radius 2 is 1.93 bits per heavy atom. The van der Waals surface area contributed by atoms with Crippen LogP contribution in [-0.4, -0.2) is 41.8 Å². The average molecular weight is 440 g/mol. The highest BCUT2D eigenvalue weighted by molar-refractivity contribution is 6.39. The first-order chi connectivity index (χ1) is 13.7. The zero-order valence-electron chi connectivity index (χ0n) is 16.6. The summed E-state index contributed by atoms with van der Waals surface area (Å²) < 4.78 is 0. The molecule has 3 rings (SSSR count). The van der Waals surface area contributed by atoms with E-state index in [1.54, 1.807) is 25.1 Å². The predicted octanol–water partition coefficient (Wildman–Crippen LogP) is 3.52. The van der Waals surface area contributed by atoms with Gasteiger partial charge in [0.25, 0.3) is 5.91 Å². The zero-order valence-corrected chi connectivity index (χ0v) is 18.1. The van der Waals surface area contributed by atoms with Gasteiger partial charge < -0.3 is 21.1 Å². The number of aliphatic hydroxyl groups is 1. The fraction of sp³-hybridized carbons (Fsp3) is 0.524. The molecule has 29 heavy (non-hydrogen) atoms. The van der Waals surface area contributed by atoms with Gasteiger partial charge in [-0.3, -0.25) is 4.79 Å². The summed E-state index contributed by atoms with van der Waals surface area (Å²) in [4.78, 5) is 24.4. The van der Waals surface area contributed by atoms with Gasteiger partial charge in [-0.05, 0) is 55.7 Å². The molecule has 2 aliphatic rings. The van der Waals surface area contributed by atoms with Gasteiger partial charge in [-0.15, -0.1) is 0 Å². The van der Waals surface area contributed by atoms with Crippen LogP contribution < -0.4 is 16.0 Å². The largest absolute Gasteiger partial charge is 0.385 e. The number of nitrogens with one attached hydrogen (secondary N) is 3. The van der Waals surface area contributed by atoms with E-state index in [9.17, 15) is 14.7 Å². The summed E-state index contributed by atoms with van der Waals surface area (Å²) in [6.07, 6.45) is 4.65. The predicted molar refractivity (Wildman–Crippen MR) is 114 cm³/mol. The lowest BCUT2D eigenvalue weighted by atomic mass is 9.66. The van der Waals surface area contributed by atoms with Crippen LogP contribution in [0.5, 0.6) is 0 Å². The Morgan fingerprint density at radius 1 is 1.24 bits per heavy atom. The van der Waals surface area contributed by atoms with E-state index in [0.717, 1.165) is 18.4 Å². The van der Waals surface area contributed by atoms with Crippen molar-refractivity contribution in [3.63, 3.8) is 0 Å². The van der Waals surface area contributed by atoms with E-state index < -0.39 is 5.60 Å². The molecule has 8 heteroatoms. The molecule has 0 heterocycles. The highest BCUT2D eigenvalue weighted by Gasteiger charge is 2.51. The zero-order chi connectivity index (χ0) is 21.2. The second-order valence-corrected chi connectivity index (χ2v) is 8.80. The fourth-order valence-corrected chi connectivity index (χ4v) is 4.78. The van der Waals surface area contributed by atoms with Gasteiger partial charge in [0.15, 0.2) is 0 Å². The lowest BCUT2D eigenvalue weighted by molar-refractivity contribution is -0.00848. The average Bonchev–Trinajstić information content (AvgIpc) is 2.90. The molecule has 0 aliphatic heterocycles. The minimum Gasteiger partial charge on any atom is -0.385 e. The van der Waals surface area contributed by atoms with E-state index in [4.69, 9.17) is 23.2 Å². The van der Waals surface area contributed by atoms with Gasteiger partial charge in [-0.1, -0.05) is 42.3 Å². The molecular formula is C21H27Cl2N3O3. The molecular weight excluding hydrogens is 413 g/mol. The molecule has 158 valence electrons. The molecule has 4 N–H and O–H groups in total. The molecule has 4 unspecified atom stereocenters. The van der Waals surface area contributed by atoms with Crippen LogP contribution in [0.4, 0.5) is 4.79 Å². The lowest BCUT2D eigenvalue weighted by Gasteiger charge is -2.43. The molecule has 1 aromatic carbocycles. The Labute approximate surface area is 181 Å². The molecule has 1 saturated carbocycles. The van der Waals surface area contributed by atoms with Crippen LogP contribution in [-0.2, 0) is 0 Å². The molecule has 1 aromatic rings. The first-order valence-corrected chi connectivity index (χ1v) is 10.7. The van der Waals surface area contributed by atoms with Gasteiger partial charge in [0, 0.05) is 19.1 Å². The van der Waals surface area contributed by atoms with Crippen LogP contribution in [0.1, 0.15) is 43.5 Å². The van der Waals surface area contributed by atoms with E-state index in [0.29, 0.717) is 18.9 Å². The molecule has 0 bridgehead atoms. The molecule has 3 amide bonds. The van der Waals surface area contributed by atoms with Gasteiger partial charge in [-0.2, -0.15) is 0 Å². The van der Waals surface area contributed by atoms with Gasteiger partial charge in [0.05, 0.1) is 21.2 Å². The molecule has 0 aromatic heterocycles. The van der Waals surface area contributed by atoms with Crippen LogP contribution in [0.3, 0.4) is 0 Å². The number of halogens is 2. The number of benzene rings is 1. The van der Waals surface area contributed by atoms with Crippen molar-refractivity contribution in [2.45, 2.75) is 44.8 Å². The third-order valence-corrected chi connectivity index (χ3v) is 6.36. The number of hydrogen-bond donors (Lipinski definition) is 4. The number of carbonyl (C=O) groups excluding carboxylic acids is 2. The Balaban J connectivity index is 1.40. The first-order valence-electron chi connectivity index (χ1n) is 9.94. The summed E-state index contributed by atoms with van der Waals surface area (Å²) in [7, 11) is 0. The topological polar surface area (TPSA) is 90.5 Å². The van der Waals surface area contributed by atoms with E-state index in [1.807, 2.05) is 0 Å². The molecule has 1 fully saturated rings. The second kappa shape index (κ2) is 8.94. The van der Waals surface area contributed by atoms with Crippen molar-refractivity contribution in [2.75, 3.05) is 13.1 Å². The van der Waals surface area contributed by atoms with Gasteiger partial charge in [0.2, 0.25) is 0 Å². The van der Waals surface area contributed by atoms with Crippen LogP contribution in [0.25, 0.3) is 0 Å². The van der Waals surface area contributed by atoms with Crippen molar-refractivity contribution in [3.05, 3.63) is 45.5 Å². The number of urea groups is 1. The fourth-order valence-electron chi connectivity index (χ4n) is 4.21. The van der Waals surface area contributed by atoms with Crippen molar-refractivity contribution < 1.29 is 14.7 Å². The summed E-state index contributed by atoms with van der Waals surface area (Å²) in [6.45, 7) is 4.64.